The van der Waals surface area contributed by atoms with Crippen molar-refractivity contribution in [3.63, 3.8) is 0 Å². The molecule has 0 saturated carbocycles. The van der Waals surface area contributed by atoms with Gasteiger partial charge in [0.25, 0.3) is 0 Å². The predicted octanol–water partition coefficient (Wildman–Crippen LogP) is 1.11. The molecule has 1 aromatic heterocycles. The second-order valence-corrected chi connectivity index (χ2v) is 7.30. The minimum Gasteiger partial charge on any atom is -0.363 e. The van der Waals surface area contributed by atoms with Gasteiger partial charge in [-0.3, -0.25) is 4.79 Å². The molecular formula is C15H22N4O3S. The van der Waals surface area contributed by atoms with Crippen LogP contribution in [0.4, 0.5) is 4.79 Å². The lowest BCUT2D eigenvalue weighted by Crippen LogP contribution is -2.64. The number of morpholine rings is 1. The minimum atomic E-state index is -0.398. The molecule has 1 aromatic rings. The second kappa shape index (κ2) is 6.09. The number of thiazole rings is 1. The quantitative estimate of drug-likeness (QED) is 0.875. The lowest BCUT2D eigenvalue weighted by Gasteiger charge is -2.51. The summed E-state index contributed by atoms with van der Waals surface area (Å²) in [6.07, 6.45) is 1.38. The number of piperidine rings is 1. The van der Waals surface area contributed by atoms with Crippen molar-refractivity contribution in [2.45, 2.75) is 44.9 Å². The van der Waals surface area contributed by atoms with E-state index in [9.17, 15) is 9.59 Å². The van der Waals surface area contributed by atoms with Crippen molar-refractivity contribution in [3.05, 3.63) is 16.1 Å². The van der Waals surface area contributed by atoms with Crippen LogP contribution in [0.25, 0.3) is 0 Å². The number of urea groups is 1. The fourth-order valence-electron chi connectivity index (χ4n) is 3.46. The summed E-state index contributed by atoms with van der Waals surface area (Å²) in [5.74, 6) is -0.00823. The molecule has 1 spiro atoms. The van der Waals surface area contributed by atoms with Crippen LogP contribution < -0.4 is 5.73 Å². The molecule has 2 saturated heterocycles. The number of primary amides is 1. The van der Waals surface area contributed by atoms with Gasteiger partial charge in [0.05, 0.1) is 28.9 Å². The van der Waals surface area contributed by atoms with E-state index in [1.807, 2.05) is 24.1 Å². The van der Waals surface area contributed by atoms with Crippen LogP contribution in [0.5, 0.6) is 0 Å². The fourth-order valence-corrected chi connectivity index (χ4v) is 4.06. The molecule has 2 aliphatic heterocycles. The van der Waals surface area contributed by atoms with Gasteiger partial charge in [0, 0.05) is 18.5 Å². The molecule has 1 atom stereocenters. The third-order valence-electron chi connectivity index (χ3n) is 4.95. The molecule has 7 nitrogen and oxygen atoms in total. The van der Waals surface area contributed by atoms with Crippen LogP contribution in [0.3, 0.4) is 0 Å². The summed E-state index contributed by atoms with van der Waals surface area (Å²) in [5.41, 5.74) is 5.87. The Balaban J connectivity index is 1.74. The molecule has 0 aliphatic carbocycles. The van der Waals surface area contributed by atoms with E-state index < -0.39 is 11.6 Å². The molecule has 23 heavy (non-hydrogen) atoms. The van der Waals surface area contributed by atoms with Crippen molar-refractivity contribution in [2.24, 2.45) is 5.73 Å². The van der Waals surface area contributed by atoms with Crippen LogP contribution in [0.1, 0.15) is 30.5 Å². The molecule has 3 heterocycles. The van der Waals surface area contributed by atoms with Crippen LogP contribution >= 0.6 is 11.3 Å². The minimum absolute atomic E-state index is 0.00823. The van der Waals surface area contributed by atoms with Gasteiger partial charge >= 0.3 is 6.03 Å². The number of nitrogens with two attached hydrogens (primary N) is 1. The van der Waals surface area contributed by atoms with Crippen LogP contribution in [0.2, 0.25) is 0 Å². The number of carbonyl (C=O) groups excluding carboxylic acids is 2. The number of ether oxygens (including phenoxy) is 1. The number of carbonyl (C=O) groups is 2. The van der Waals surface area contributed by atoms with Gasteiger partial charge < -0.3 is 20.3 Å². The number of likely N-dealkylation sites (tertiary alicyclic amines) is 1. The van der Waals surface area contributed by atoms with Gasteiger partial charge in [0.15, 0.2) is 0 Å². The predicted molar refractivity (Wildman–Crippen MR) is 85.9 cm³/mol. The fraction of sp³-hybridized carbons (Fsp3) is 0.667. The summed E-state index contributed by atoms with van der Waals surface area (Å²) in [6, 6.07) is -0.449. The number of hydrogen-bond acceptors (Lipinski definition) is 5. The van der Waals surface area contributed by atoms with Gasteiger partial charge in [-0.2, -0.15) is 0 Å². The van der Waals surface area contributed by atoms with Crippen molar-refractivity contribution < 1.29 is 14.3 Å². The Hall–Kier alpha value is -1.67. The van der Waals surface area contributed by atoms with Crippen molar-refractivity contribution in [3.8, 4) is 0 Å². The summed E-state index contributed by atoms with van der Waals surface area (Å²) in [6.45, 7) is 5.71. The van der Waals surface area contributed by atoms with Crippen LogP contribution in [0, 0.1) is 6.92 Å². The van der Waals surface area contributed by atoms with Gasteiger partial charge in [0.1, 0.15) is 6.61 Å². The van der Waals surface area contributed by atoms with Gasteiger partial charge in [-0.05, 0) is 26.7 Å². The van der Waals surface area contributed by atoms with Crippen molar-refractivity contribution in [2.75, 3.05) is 19.7 Å². The number of aromatic nitrogens is 1. The number of hydrogen-bond donors (Lipinski definition) is 1. The average Bonchev–Trinajstić information content (AvgIpc) is 2.94. The summed E-state index contributed by atoms with van der Waals surface area (Å²) in [7, 11) is 0. The highest BCUT2D eigenvalue weighted by atomic mass is 32.1. The standard InChI is InChI=1S/C15H22N4O3S/c1-10-15(3-5-18(6-4-15)14(16)21)22-8-13(20)19(10)7-12-9-23-11(2)17-12/h9-10H,3-8H2,1-2H3,(H2,16,21)/t10-/m0/s1. The Morgan fingerprint density at radius 3 is 2.78 bits per heavy atom. The van der Waals surface area contributed by atoms with Gasteiger partial charge in [-0.25, -0.2) is 9.78 Å². The average molecular weight is 338 g/mol. The maximum Gasteiger partial charge on any atom is 0.314 e. The number of amides is 3. The summed E-state index contributed by atoms with van der Waals surface area (Å²) >= 11 is 1.59. The zero-order valence-corrected chi connectivity index (χ0v) is 14.3. The maximum absolute atomic E-state index is 12.3. The molecule has 3 rings (SSSR count). The molecule has 2 aliphatic rings. The molecule has 3 amide bonds. The van der Waals surface area contributed by atoms with E-state index in [1.54, 1.807) is 16.2 Å². The highest BCUT2D eigenvalue weighted by Crippen LogP contribution is 2.36. The normalized spacial score (nSPS) is 24.3. The van der Waals surface area contributed by atoms with Crippen molar-refractivity contribution in [1.82, 2.24) is 14.8 Å². The summed E-state index contributed by atoms with van der Waals surface area (Å²) < 4.78 is 5.94. The van der Waals surface area contributed by atoms with Crippen LogP contribution in [-0.2, 0) is 16.1 Å². The Kier molecular flexibility index (Phi) is 4.29. The molecule has 0 unspecified atom stereocenters. The molecule has 2 fully saturated rings. The third-order valence-corrected chi connectivity index (χ3v) is 5.78. The van der Waals surface area contributed by atoms with E-state index in [4.69, 9.17) is 10.5 Å². The molecule has 2 N–H and O–H groups in total. The van der Waals surface area contributed by atoms with Gasteiger partial charge in [-0.15, -0.1) is 11.3 Å². The van der Waals surface area contributed by atoms with E-state index in [-0.39, 0.29) is 18.6 Å². The van der Waals surface area contributed by atoms with Crippen molar-refractivity contribution in [1.29, 1.82) is 0 Å². The first-order chi connectivity index (χ1) is 10.9. The lowest BCUT2D eigenvalue weighted by atomic mass is 9.82. The first-order valence-electron chi connectivity index (χ1n) is 7.80. The monoisotopic (exact) mass is 338 g/mol. The number of rotatable bonds is 2. The zero-order chi connectivity index (χ0) is 16.6. The molecule has 126 valence electrons. The number of aryl methyl sites for hydroxylation is 1. The summed E-state index contributed by atoms with van der Waals surface area (Å²) in [4.78, 5) is 31.6. The van der Waals surface area contributed by atoms with E-state index in [1.165, 1.54) is 0 Å². The van der Waals surface area contributed by atoms with Gasteiger partial charge in [0.2, 0.25) is 5.91 Å². The zero-order valence-electron chi connectivity index (χ0n) is 13.4. The number of nitrogens with zero attached hydrogens (tertiary/aromatic N) is 3. The first kappa shape index (κ1) is 16.2. The highest BCUT2D eigenvalue weighted by Gasteiger charge is 2.48. The Morgan fingerprint density at radius 1 is 1.52 bits per heavy atom. The molecule has 0 radical (unpaired) electrons. The van der Waals surface area contributed by atoms with E-state index in [2.05, 4.69) is 4.98 Å². The maximum atomic E-state index is 12.3. The SMILES string of the molecule is Cc1nc(CN2C(=O)COC3(CCN(C(N)=O)CC3)[C@@H]2C)cs1. The smallest absolute Gasteiger partial charge is 0.314 e. The van der Waals surface area contributed by atoms with E-state index >= 15 is 0 Å². The van der Waals surface area contributed by atoms with E-state index in [0.29, 0.717) is 32.5 Å². The Morgan fingerprint density at radius 2 is 2.22 bits per heavy atom. The third kappa shape index (κ3) is 3.05. The highest BCUT2D eigenvalue weighted by molar-refractivity contribution is 7.09. The molecular weight excluding hydrogens is 316 g/mol. The van der Waals surface area contributed by atoms with E-state index in [0.717, 1.165) is 10.7 Å². The molecule has 8 heteroatoms. The Bertz CT molecular complexity index is 610. The van der Waals surface area contributed by atoms with Crippen LogP contribution in [0.15, 0.2) is 5.38 Å². The molecule has 0 aromatic carbocycles. The van der Waals surface area contributed by atoms with Gasteiger partial charge in [-0.1, -0.05) is 0 Å². The van der Waals surface area contributed by atoms with Crippen molar-refractivity contribution >= 4 is 23.3 Å². The van der Waals surface area contributed by atoms with Crippen LogP contribution in [-0.4, -0.2) is 58.1 Å². The Labute approximate surface area is 139 Å². The largest absolute Gasteiger partial charge is 0.363 e. The first-order valence-corrected chi connectivity index (χ1v) is 8.68. The lowest BCUT2D eigenvalue weighted by molar-refractivity contribution is -0.186. The second-order valence-electron chi connectivity index (χ2n) is 6.23. The molecule has 0 bridgehead atoms. The topological polar surface area (TPSA) is 88.8 Å². The summed E-state index contributed by atoms with van der Waals surface area (Å²) in [5, 5.41) is 2.99.